The van der Waals surface area contributed by atoms with Crippen LogP contribution in [-0.2, 0) is 9.59 Å². The third kappa shape index (κ3) is 5.18. The fourth-order valence-corrected chi connectivity index (χ4v) is 3.42. The summed E-state index contributed by atoms with van der Waals surface area (Å²) in [7, 11) is 1.54. The second kappa shape index (κ2) is 9.62. The highest BCUT2D eigenvalue weighted by Gasteiger charge is 2.36. The molecule has 0 radical (unpaired) electrons. The molecule has 0 saturated carbocycles. The molecular weight excluding hydrogens is 406 g/mol. The Balaban J connectivity index is 1.62. The molecule has 8 nitrogen and oxygen atoms in total. The van der Waals surface area contributed by atoms with E-state index in [4.69, 9.17) is 14.7 Å². The first-order chi connectivity index (χ1) is 14.5. The van der Waals surface area contributed by atoms with Crippen molar-refractivity contribution in [1.82, 2.24) is 4.90 Å². The monoisotopic (exact) mass is 423 g/mol. The van der Waals surface area contributed by atoms with E-state index in [-0.39, 0.29) is 18.1 Å². The van der Waals surface area contributed by atoms with Crippen LogP contribution in [0.2, 0.25) is 0 Å². The van der Waals surface area contributed by atoms with E-state index in [9.17, 15) is 14.4 Å². The standard InChI is InChI=1S/C21H17N3O5S/c1-28-16-8-4-15(5-9-16)23-19(25)13-24-20(26)18(30-21(24)27)12-14-2-6-17(7-3-14)29-11-10-22/h2-9,12H,11,13H2,1H3,(H,23,25)/b18-12-. The van der Waals surface area contributed by atoms with Gasteiger partial charge in [0.05, 0.1) is 12.0 Å². The molecule has 0 bridgehead atoms. The lowest BCUT2D eigenvalue weighted by Gasteiger charge is -2.12. The summed E-state index contributed by atoms with van der Waals surface area (Å²) in [5.74, 6) is 0.160. The van der Waals surface area contributed by atoms with Gasteiger partial charge in [-0.3, -0.25) is 19.3 Å². The summed E-state index contributed by atoms with van der Waals surface area (Å²) in [5, 5.41) is 10.7. The molecular formula is C21H17N3O5S. The first kappa shape index (κ1) is 21.0. The number of anilines is 1. The van der Waals surface area contributed by atoms with Crippen molar-refractivity contribution >= 4 is 40.6 Å². The molecule has 152 valence electrons. The van der Waals surface area contributed by atoms with E-state index < -0.39 is 17.1 Å². The molecule has 0 aromatic heterocycles. The molecule has 1 N–H and O–H groups in total. The van der Waals surface area contributed by atoms with Crippen molar-refractivity contribution in [2.45, 2.75) is 0 Å². The number of benzene rings is 2. The van der Waals surface area contributed by atoms with Crippen LogP contribution >= 0.6 is 11.8 Å². The van der Waals surface area contributed by atoms with E-state index in [0.717, 1.165) is 16.7 Å². The lowest BCUT2D eigenvalue weighted by Crippen LogP contribution is -2.36. The third-order valence-corrected chi connectivity index (χ3v) is 4.94. The van der Waals surface area contributed by atoms with E-state index in [1.807, 2.05) is 6.07 Å². The topological polar surface area (TPSA) is 109 Å². The Hall–Kier alpha value is -3.77. The van der Waals surface area contributed by atoms with Crippen LogP contribution in [0.15, 0.2) is 53.4 Å². The number of methoxy groups -OCH3 is 1. The summed E-state index contributed by atoms with van der Waals surface area (Å²) in [6.07, 6.45) is 1.57. The van der Waals surface area contributed by atoms with Crippen LogP contribution in [0, 0.1) is 11.3 Å². The minimum atomic E-state index is -0.528. The molecule has 0 spiro atoms. The van der Waals surface area contributed by atoms with Crippen molar-refractivity contribution < 1.29 is 23.9 Å². The average molecular weight is 423 g/mol. The van der Waals surface area contributed by atoms with Gasteiger partial charge in [-0.15, -0.1) is 0 Å². The number of nitrogens with zero attached hydrogens (tertiary/aromatic N) is 2. The van der Waals surface area contributed by atoms with Gasteiger partial charge in [0.15, 0.2) is 6.61 Å². The predicted molar refractivity (Wildman–Crippen MR) is 112 cm³/mol. The summed E-state index contributed by atoms with van der Waals surface area (Å²) in [6.45, 7) is -0.439. The van der Waals surface area contributed by atoms with Gasteiger partial charge >= 0.3 is 0 Å². The van der Waals surface area contributed by atoms with Crippen LogP contribution < -0.4 is 14.8 Å². The molecule has 30 heavy (non-hydrogen) atoms. The molecule has 9 heteroatoms. The summed E-state index contributed by atoms with van der Waals surface area (Å²) in [5.41, 5.74) is 1.22. The van der Waals surface area contributed by atoms with E-state index in [0.29, 0.717) is 22.7 Å². The Morgan fingerprint density at radius 2 is 1.80 bits per heavy atom. The number of ether oxygens (including phenoxy) is 2. The highest BCUT2D eigenvalue weighted by atomic mass is 32.2. The Morgan fingerprint density at radius 3 is 2.43 bits per heavy atom. The molecule has 1 aliphatic rings. The molecule has 0 unspecified atom stereocenters. The summed E-state index contributed by atoms with van der Waals surface area (Å²) in [4.78, 5) is 38.1. The molecule has 1 fully saturated rings. The molecule has 0 atom stereocenters. The molecule has 3 amide bonds. The lowest BCUT2D eigenvalue weighted by molar-refractivity contribution is -0.127. The summed E-state index contributed by atoms with van der Waals surface area (Å²) >= 11 is 0.776. The number of thioether (sulfide) groups is 1. The number of amides is 3. The van der Waals surface area contributed by atoms with Gasteiger partial charge in [-0.1, -0.05) is 12.1 Å². The SMILES string of the molecule is COc1ccc(NC(=O)CN2C(=O)S/C(=C\c3ccc(OCC#N)cc3)C2=O)cc1. The number of rotatable bonds is 7. The highest BCUT2D eigenvalue weighted by Crippen LogP contribution is 2.32. The lowest BCUT2D eigenvalue weighted by atomic mass is 10.2. The van der Waals surface area contributed by atoms with Gasteiger partial charge in [-0.05, 0) is 59.8 Å². The van der Waals surface area contributed by atoms with Gasteiger partial charge in [0.25, 0.3) is 11.1 Å². The van der Waals surface area contributed by atoms with Crippen LogP contribution in [0.3, 0.4) is 0 Å². The van der Waals surface area contributed by atoms with Crippen molar-refractivity contribution in [2.24, 2.45) is 0 Å². The summed E-state index contributed by atoms with van der Waals surface area (Å²) < 4.78 is 10.2. The molecule has 2 aromatic carbocycles. The second-order valence-corrected chi connectivity index (χ2v) is 7.05. The molecule has 3 rings (SSSR count). The maximum Gasteiger partial charge on any atom is 0.294 e. The minimum absolute atomic E-state index is 0.0587. The van der Waals surface area contributed by atoms with Crippen molar-refractivity contribution in [3.8, 4) is 17.6 Å². The largest absolute Gasteiger partial charge is 0.497 e. The number of hydrogen-bond acceptors (Lipinski definition) is 7. The Labute approximate surface area is 177 Å². The van der Waals surface area contributed by atoms with Crippen molar-refractivity contribution in [1.29, 1.82) is 5.26 Å². The van der Waals surface area contributed by atoms with Gasteiger partial charge < -0.3 is 14.8 Å². The number of nitriles is 1. The zero-order valence-electron chi connectivity index (χ0n) is 16.0. The fourth-order valence-electron chi connectivity index (χ4n) is 2.58. The van der Waals surface area contributed by atoms with Gasteiger partial charge in [0.2, 0.25) is 5.91 Å². The van der Waals surface area contributed by atoms with E-state index >= 15 is 0 Å². The van der Waals surface area contributed by atoms with E-state index in [2.05, 4.69) is 5.32 Å². The van der Waals surface area contributed by atoms with Crippen LogP contribution in [0.25, 0.3) is 6.08 Å². The number of imide groups is 1. The smallest absolute Gasteiger partial charge is 0.294 e. The average Bonchev–Trinajstić information content (AvgIpc) is 3.01. The van der Waals surface area contributed by atoms with E-state index in [1.54, 1.807) is 54.6 Å². The Bertz CT molecular complexity index is 1030. The van der Waals surface area contributed by atoms with Gasteiger partial charge in [0.1, 0.15) is 24.1 Å². The fraction of sp³-hybridized carbons (Fsp3) is 0.143. The number of carbonyl (C=O) groups excluding carboxylic acids is 3. The Kier molecular flexibility index (Phi) is 6.72. The molecule has 2 aromatic rings. The predicted octanol–water partition coefficient (Wildman–Crippen LogP) is 3.27. The van der Waals surface area contributed by atoms with Crippen molar-refractivity contribution in [3.05, 3.63) is 59.0 Å². The zero-order valence-corrected chi connectivity index (χ0v) is 16.8. The van der Waals surface area contributed by atoms with Crippen molar-refractivity contribution in [3.63, 3.8) is 0 Å². The molecule has 1 saturated heterocycles. The maximum absolute atomic E-state index is 12.6. The Morgan fingerprint density at radius 1 is 1.13 bits per heavy atom. The normalized spacial score (nSPS) is 14.5. The second-order valence-electron chi connectivity index (χ2n) is 6.06. The maximum atomic E-state index is 12.6. The van der Waals surface area contributed by atoms with Crippen LogP contribution in [0.4, 0.5) is 10.5 Å². The first-order valence-electron chi connectivity index (χ1n) is 8.79. The van der Waals surface area contributed by atoms with E-state index in [1.165, 1.54) is 7.11 Å². The minimum Gasteiger partial charge on any atom is -0.497 e. The third-order valence-electron chi connectivity index (χ3n) is 4.03. The van der Waals surface area contributed by atoms with Crippen molar-refractivity contribution in [2.75, 3.05) is 25.6 Å². The number of nitrogens with one attached hydrogen (secondary N) is 1. The molecule has 0 aliphatic carbocycles. The van der Waals surface area contributed by atoms with Gasteiger partial charge in [-0.2, -0.15) is 5.26 Å². The number of carbonyl (C=O) groups is 3. The summed E-state index contributed by atoms with van der Waals surface area (Å²) in [6, 6.07) is 15.3. The highest BCUT2D eigenvalue weighted by molar-refractivity contribution is 8.18. The molecule has 1 heterocycles. The van der Waals surface area contributed by atoms with Crippen LogP contribution in [0.1, 0.15) is 5.56 Å². The van der Waals surface area contributed by atoms with Gasteiger partial charge in [-0.25, -0.2) is 0 Å². The number of hydrogen-bond donors (Lipinski definition) is 1. The zero-order chi connectivity index (χ0) is 21.5. The first-order valence-corrected chi connectivity index (χ1v) is 9.61. The van der Waals surface area contributed by atoms with Crippen LogP contribution in [0.5, 0.6) is 11.5 Å². The van der Waals surface area contributed by atoms with Gasteiger partial charge in [0, 0.05) is 5.69 Å². The molecule has 1 aliphatic heterocycles. The quantitative estimate of drug-likeness (QED) is 0.681. The van der Waals surface area contributed by atoms with Crippen LogP contribution in [-0.4, -0.2) is 42.2 Å².